The third-order valence-electron chi connectivity index (χ3n) is 4.63. The van der Waals surface area contributed by atoms with E-state index in [1.807, 2.05) is 18.2 Å². The van der Waals surface area contributed by atoms with E-state index in [4.69, 9.17) is 19.3 Å². The van der Waals surface area contributed by atoms with Gasteiger partial charge in [0, 0.05) is 12.8 Å². The lowest BCUT2D eigenvalue weighted by molar-refractivity contribution is -0.161. The zero-order valence-electron chi connectivity index (χ0n) is 21.2. The first-order valence-corrected chi connectivity index (χ1v) is 14.0. The Morgan fingerprint density at radius 3 is 1.94 bits per heavy atom. The van der Waals surface area contributed by atoms with Crippen LogP contribution in [0, 0.1) is 0 Å². The number of ether oxygens (including phenoxy) is 2. The highest BCUT2D eigenvalue weighted by atomic mass is 31.2. The molecule has 0 aliphatic heterocycles. The quantitative estimate of drug-likeness (QED) is 0.0815. The summed E-state index contributed by atoms with van der Waals surface area (Å²) in [5.41, 5.74) is 0. The molecule has 1 unspecified atom stereocenters. The molecule has 0 saturated heterocycles. The van der Waals surface area contributed by atoms with Crippen molar-refractivity contribution in [2.24, 2.45) is 0 Å². The Hall–Kier alpha value is -1.99. The number of esters is 2. The van der Waals surface area contributed by atoms with Crippen LogP contribution in [-0.2, 0) is 28.2 Å². The minimum absolute atomic E-state index is 0.0889. The van der Waals surface area contributed by atoms with Gasteiger partial charge in [-0.15, -0.1) is 0 Å². The second-order valence-corrected chi connectivity index (χ2v) is 9.17. The molecule has 1 atom stereocenters. The highest BCUT2D eigenvalue weighted by Gasteiger charge is 2.22. The van der Waals surface area contributed by atoms with Crippen molar-refractivity contribution >= 4 is 19.8 Å². The van der Waals surface area contributed by atoms with Crippen molar-refractivity contribution in [3.05, 3.63) is 48.6 Å². The van der Waals surface area contributed by atoms with E-state index in [9.17, 15) is 14.2 Å². The van der Waals surface area contributed by atoms with Gasteiger partial charge >= 0.3 is 19.8 Å². The largest absolute Gasteiger partial charge is 0.469 e. The monoisotopic (exact) mass is 514 g/mol. The molecule has 8 nitrogen and oxygen atoms in total. The van der Waals surface area contributed by atoms with Crippen molar-refractivity contribution in [2.75, 3.05) is 13.2 Å². The fraction of sp³-hybridized carbons (Fsp3) is 0.615. The summed E-state index contributed by atoms with van der Waals surface area (Å²) < 4.78 is 25.7. The molecular formula is C26H43O8P. The van der Waals surface area contributed by atoms with E-state index in [1.165, 1.54) is 0 Å². The van der Waals surface area contributed by atoms with E-state index in [0.717, 1.165) is 44.9 Å². The van der Waals surface area contributed by atoms with Crippen LogP contribution in [0.5, 0.6) is 0 Å². The fourth-order valence-electron chi connectivity index (χ4n) is 2.79. The van der Waals surface area contributed by atoms with E-state index < -0.39 is 32.5 Å². The number of phosphoric acid groups is 1. The maximum absolute atomic E-state index is 12.1. The molecule has 0 fully saturated rings. The lowest BCUT2D eigenvalue weighted by atomic mass is 10.2. The summed E-state index contributed by atoms with van der Waals surface area (Å²) in [4.78, 5) is 41.7. The second kappa shape index (κ2) is 22.5. The Morgan fingerprint density at radius 1 is 0.771 bits per heavy atom. The molecule has 200 valence electrons. The molecule has 0 spiro atoms. The smallest absolute Gasteiger partial charge is 0.462 e. The number of unbranched alkanes of at least 4 members (excludes halogenated alkanes) is 3. The van der Waals surface area contributed by atoms with Crippen LogP contribution in [0.4, 0.5) is 0 Å². The molecule has 0 aromatic rings. The first-order valence-electron chi connectivity index (χ1n) is 12.4. The third-order valence-corrected chi connectivity index (χ3v) is 5.11. The standard InChI is InChI=1S/C26H43O8P/c1-3-5-7-9-10-11-12-13-14-15-16-17-19-21-26(28)34-24(23-33-35(29,30)31)22-32-25(27)20-18-8-6-4-2/h5,7,10-11,13-14,16-17,24H,3-4,6,8-9,12,15,18-23H2,1-2H3,(H2,29,30,31)/b7-5-,11-10-,14-13-,17-16-. The van der Waals surface area contributed by atoms with Crippen molar-refractivity contribution in [3.8, 4) is 0 Å². The van der Waals surface area contributed by atoms with Crippen molar-refractivity contribution in [1.82, 2.24) is 0 Å². The SMILES string of the molecule is CC/C=C\C/C=C\C/C=C\C/C=C\CCC(=O)OC(COC(=O)CCCCCC)COP(=O)(O)O. The van der Waals surface area contributed by atoms with Gasteiger partial charge in [-0.2, -0.15) is 0 Å². The topological polar surface area (TPSA) is 119 Å². The third kappa shape index (κ3) is 24.9. The molecule has 0 rings (SSSR count). The minimum atomic E-state index is -4.74. The number of hydrogen-bond acceptors (Lipinski definition) is 6. The lowest BCUT2D eigenvalue weighted by Crippen LogP contribution is -2.29. The minimum Gasteiger partial charge on any atom is -0.462 e. The van der Waals surface area contributed by atoms with E-state index in [2.05, 4.69) is 48.8 Å². The van der Waals surface area contributed by atoms with Crippen LogP contribution < -0.4 is 0 Å². The van der Waals surface area contributed by atoms with Gasteiger partial charge in [0.05, 0.1) is 6.61 Å². The van der Waals surface area contributed by atoms with Crippen LogP contribution in [-0.4, -0.2) is 41.0 Å². The van der Waals surface area contributed by atoms with Gasteiger partial charge in [-0.25, -0.2) is 4.57 Å². The molecule has 0 aromatic heterocycles. The molecule has 0 aromatic carbocycles. The van der Waals surface area contributed by atoms with Gasteiger partial charge in [0.2, 0.25) is 0 Å². The zero-order chi connectivity index (χ0) is 26.2. The number of phosphoric ester groups is 1. The highest BCUT2D eigenvalue weighted by molar-refractivity contribution is 7.46. The summed E-state index contributed by atoms with van der Waals surface area (Å²) in [7, 11) is -4.74. The van der Waals surface area contributed by atoms with Crippen molar-refractivity contribution in [2.45, 2.75) is 90.6 Å². The summed E-state index contributed by atoms with van der Waals surface area (Å²) in [6.45, 7) is 3.29. The fourth-order valence-corrected chi connectivity index (χ4v) is 3.15. The normalized spacial score (nSPS) is 13.4. The Labute approximate surface area is 210 Å². The number of carbonyl (C=O) groups is 2. The van der Waals surface area contributed by atoms with E-state index in [0.29, 0.717) is 12.8 Å². The van der Waals surface area contributed by atoms with Gasteiger partial charge in [0.15, 0.2) is 6.10 Å². The predicted molar refractivity (Wildman–Crippen MR) is 138 cm³/mol. The predicted octanol–water partition coefficient (Wildman–Crippen LogP) is 6.11. The molecular weight excluding hydrogens is 471 g/mol. The number of rotatable bonds is 21. The number of allylic oxidation sites excluding steroid dienone is 8. The van der Waals surface area contributed by atoms with Gasteiger partial charge in [-0.3, -0.25) is 14.1 Å². The first-order chi connectivity index (χ1) is 16.8. The lowest BCUT2D eigenvalue weighted by Gasteiger charge is -2.18. The summed E-state index contributed by atoms with van der Waals surface area (Å²) in [5, 5.41) is 0. The Kier molecular flexibility index (Phi) is 21.2. The molecule has 0 saturated carbocycles. The van der Waals surface area contributed by atoms with E-state index >= 15 is 0 Å². The molecule has 0 bridgehead atoms. The van der Waals surface area contributed by atoms with Crippen molar-refractivity contribution in [1.29, 1.82) is 0 Å². The molecule has 0 radical (unpaired) electrons. The average Bonchev–Trinajstić information content (AvgIpc) is 2.81. The zero-order valence-corrected chi connectivity index (χ0v) is 22.1. The van der Waals surface area contributed by atoms with Gasteiger partial charge in [-0.1, -0.05) is 81.7 Å². The van der Waals surface area contributed by atoms with E-state index in [1.54, 1.807) is 0 Å². The van der Waals surface area contributed by atoms with Gasteiger partial charge in [-0.05, 0) is 38.5 Å². The number of carbonyl (C=O) groups excluding carboxylic acids is 2. The number of hydrogen-bond donors (Lipinski definition) is 2. The summed E-state index contributed by atoms with van der Waals surface area (Å²) in [5.74, 6) is -1.01. The average molecular weight is 515 g/mol. The molecule has 35 heavy (non-hydrogen) atoms. The van der Waals surface area contributed by atoms with Gasteiger partial charge < -0.3 is 19.3 Å². The van der Waals surface area contributed by atoms with Crippen LogP contribution in [0.3, 0.4) is 0 Å². The van der Waals surface area contributed by atoms with Crippen LogP contribution in [0.1, 0.15) is 84.5 Å². The summed E-state index contributed by atoms with van der Waals surface area (Å²) >= 11 is 0. The highest BCUT2D eigenvalue weighted by Crippen LogP contribution is 2.35. The Bertz CT molecular complexity index is 721. The Balaban J connectivity index is 4.27. The molecule has 0 aliphatic rings. The summed E-state index contributed by atoms with van der Waals surface area (Å²) in [6, 6.07) is 0. The first kappa shape index (κ1) is 33.0. The molecule has 0 aliphatic carbocycles. The summed E-state index contributed by atoms with van der Waals surface area (Å²) in [6.07, 6.45) is 23.5. The van der Waals surface area contributed by atoms with Crippen LogP contribution in [0.15, 0.2) is 48.6 Å². The molecule has 0 heterocycles. The van der Waals surface area contributed by atoms with Crippen molar-refractivity contribution in [3.63, 3.8) is 0 Å². The van der Waals surface area contributed by atoms with Gasteiger partial charge in [0.25, 0.3) is 0 Å². The Morgan fingerprint density at radius 2 is 1.37 bits per heavy atom. The maximum Gasteiger partial charge on any atom is 0.469 e. The van der Waals surface area contributed by atoms with Gasteiger partial charge in [0.1, 0.15) is 6.61 Å². The van der Waals surface area contributed by atoms with Crippen LogP contribution >= 0.6 is 7.82 Å². The van der Waals surface area contributed by atoms with Crippen LogP contribution in [0.2, 0.25) is 0 Å². The maximum atomic E-state index is 12.1. The second-order valence-electron chi connectivity index (χ2n) is 7.93. The molecule has 9 heteroatoms. The molecule has 2 N–H and O–H groups in total. The van der Waals surface area contributed by atoms with Crippen LogP contribution in [0.25, 0.3) is 0 Å². The molecule has 0 amide bonds. The van der Waals surface area contributed by atoms with E-state index in [-0.39, 0.29) is 19.4 Å². The van der Waals surface area contributed by atoms with Crippen molar-refractivity contribution < 1.29 is 37.9 Å².